The summed E-state index contributed by atoms with van der Waals surface area (Å²) in [5.74, 6) is -2.89. The average Bonchev–Trinajstić information content (AvgIpc) is 3.02. The number of rotatable bonds is 3. The first kappa shape index (κ1) is 18.3. The Bertz CT molecular complexity index is 1050. The van der Waals surface area contributed by atoms with Crippen molar-refractivity contribution in [1.82, 2.24) is 14.5 Å². The average molecular weight is 386 g/mol. The Kier molecular flexibility index (Phi) is 4.43. The maximum Gasteiger partial charge on any atom is 0.266 e. The summed E-state index contributed by atoms with van der Waals surface area (Å²) in [7, 11) is 0. The molecule has 2 aromatic heterocycles. The highest BCUT2D eigenvalue weighted by molar-refractivity contribution is 5.79. The van der Waals surface area contributed by atoms with Gasteiger partial charge in [-0.25, -0.2) is 23.0 Å². The third kappa shape index (κ3) is 3.27. The first-order valence-electron chi connectivity index (χ1n) is 8.74. The van der Waals surface area contributed by atoms with Gasteiger partial charge in [-0.15, -0.1) is 0 Å². The van der Waals surface area contributed by atoms with Crippen LogP contribution in [0.5, 0.6) is 0 Å². The number of hydrogen-bond acceptors (Lipinski definition) is 4. The number of hydrogen-bond donors (Lipinski definition) is 1. The number of pyridine rings is 1. The van der Waals surface area contributed by atoms with E-state index in [1.807, 2.05) is 0 Å². The lowest BCUT2D eigenvalue weighted by atomic mass is 10.0. The molecule has 2 N–H and O–H groups in total. The highest BCUT2D eigenvalue weighted by atomic mass is 19.3. The van der Waals surface area contributed by atoms with Crippen LogP contribution in [-0.2, 0) is 6.54 Å². The lowest BCUT2D eigenvalue weighted by Crippen LogP contribution is -2.55. The summed E-state index contributed by atoms with van der Waals surface area (Å²) < 4.78 is 43.2. The number of nitrogens with two attached hydrogens (primary N) is 1. The Labute approximate surface area is 159 Å². The van der Waals surface area contributed by atoms with Crippen molar-refractivity contribution >= 4 is 22.7 Å². The zero-order chi connectivity index (χ0) is 19.9. The Hall–Kier alpha value is -3.12. The Morgan fingerprint density at radius 3 is 2.79 bits per heavy atom. The van der Waals surface area contributed by atoms with Crippen molar-refractivity contribution in [3.8, 4) is 0 Å². The fourth-order valence-corrected chi connectivity index (χ4v) is 3.33. The molecule has 1 aromatic carbocycles. The lowest BCUT2D eigenvalue weighted by molar-refractivity contribution is -0.0395. The summed E-state index contributed by atoms with van der Waals surface area (Å²) >= 11 is 0. The predicted molar refractivity (Wildman–Crippen MR) is 99.0 cm³/mol. The van der Waals surface area contributed by atoms with Gasteiger partial charge in [0, 0.05) is 25.7 Å². The number of aromatic nitrogens is 3. The van der Waals surface area contributed by atoms with E-state index in [0.717, 1.165) is 0 Å². The minimum Gasteiger partial charge on any atom is -0.340 e. The van der Waals surface area contributed by atoms with Gasteiger partial charge in [-0.2, -0.15) is 0 Å². The van der Waals surface area contributed by atoms with Gasteiger partial charge in [0.15, 0.2) is 0 Å². The van der Waals surface area contributed by atoms with Crippen LogP contribution in [0.15, 0.2) is 36.5 Å². The molecule has 1 atom stereocenters. The molecule has 1 fully saturated rings. The highest BCUT2D eigenvalue weighted by Crippen LogP contribution is 2.32. The van der Waals surface area contributed by atoms with E-state index in [1.165, 1.54) is 18.3 Å². The van der Waals surface area contributed by atoms with Gasteiger partial charge in [-0.05, 0) is 24.3 Å². The summed E-state index contributed by atoms with van der Waals surface area (Å²) in [6, 6.07) is 6.27. The van der Waals surface area contributed by atoms with Gasteiger partial charge in [0.05, 0.1) is 35.9 Å². The van der Waals surface area contributed by atoms with E-state index in [2.05, 4.69) is 14.8 Å². The smallest absolute Gasteiger partial charge is 0.266 e. The number of halogens is 3. The number of alkyl halides is 2. The van der Waals surface area contributed by atoms with Crippen molar-refractivity contribution < 1.29 is 13.2 Å². The van der Waals surface area contributed by atoms with Gasteiger partial charge in [-0.3, -0.25) is 4.98 Å². The van der Waals surface area contributed by atoms with Crippen LogP contribution >= 0.6 is 0 Å². The molecule has 0 radical (unpaired) electrons. The van der Waals surface area contributed by atoms with Crippen LogP contribution in [-0.4, -0.2) is 39.6 Å². The van der Waals surface area contributed by atoms with E-state index in [-0.39, 0.29) is 26.1 Å². The van der Waals surface area contributed by atoms with Gasteiger partial charge in [0.2, 0.25) is 11.6 Å². The van der Waals surface area contributed by atoms with Gasteiger partial charge in [0.1, 0.15) is 5.82 Å². The van der Waals surface area contributed by atoms with Crippen LogP contribution in [0.3, 0.4) is 0 Å². The number of piperidine rings is 1. The summed E-state index contributed by atoms with van der Waals surface area (Å²) in [6.07, 6.45) is 1.09. The first-order chi connectivity index (χ1) is 13.4. The number of anilines is 1. The second-order valence-corrected chi connectivity index (χ2v) is 6.81. The molecule has 0 aliphatic carbocycles. The molecular formula is C19H17F3N6. The molecular weight excluding hydrogens is 369 g/mol. The molecule has 3 heterocycles. The van der Waals surface area contributed by atoms with Crippen molar-refractivity contribution in [3.63, 3.8) is 0 Å². The van der Waals surface area contributed by atoms with E-state index in [0.29, 0.717) is 28.4 Å². The minimum absolute atomic E-state index is 0.0527. The van der Waals surface area contributed by atoms with E-state index >= 15 is 0 Å². The quantitative estimate of drug-likeness (QED) is 0.702. The topological polar surface area (TPSA) is 64.3 Å². The lowest BCUT2D eigenvalue weighted by Gasteiger charge is -2.37. The normalized spacial score (nSPS) is 19.0. The highest BCUT2D eigenvalue weighted by Gasteiger charge is 2.42. The van der Waals surface area contributed by atoms with Gasteiger partial charge < -0.3 is 15.2 Å². The summed E-state index contributed by atoms with van der Waals surface area (Å²) in [5, 5.41) is 0. The molecule has 4 rings (SSSR count). The molecule has 28 heavy (non-hydrogen) atoms. The fourth-order valence-electron chi connectivity index (χ4n) is 3.33. The minimum atomic E-state index is -2.92. The molecule has 3 aromatic rings. The Balaban J connectivity index is 1.75. The first-order valence-corrected chi connectivity index (χ1v) is 8.74. The standard InChI is InChI=1S/C19H17F3N6/c1-24-13-3-4-14(25-9-13)10-28-16-8-12(20)2-5-15(16)26-18(28)27-7-6-19(21,22)17(23)11-27/h2-5,8-9,17H,6-7,10-11,23H2/t17-/m1/s1. The number of fused-ring (bicyclic) bond motifs is 1. The molecule has 1 aliphatic rings. The van der Waals surface area contributed by atoms with E-state index in [1.54, 1.807) is 27.7 Å². The fraction of sp³-hybridized carbons (Fsp3) is 0.316. The third-order valence-corrected chi connectivity index (χ3v) is 4.91. The maximum atomic E-state index is 13.8. The van der Waals surface area contributed by atoms with Crippen molar-refractivity contribution in [1.29, 1.82) is 0 Å². The maximum absolute atomic E-state index is 13.8. The number of imidazole rings is 1. The molecule has 6 nitrogen and oxygen atoms in total. The zero-order valence-electron chi connectivity index (χ0n) is 14.8. The zero-order valence-corrected chi connectivity index (χ0v) is 14.8. The van der Waals surface area contributed by atoms with Crippen LogP contribution in [0.4, 0.5) is 24.8 Å². The Morgan fingerprint density at radius 2 is 2.11 bits per heavy atom. The van der Waals surface area contributed by atoms with Crippen molar-refractivity contribution in [2.45, 2.75) is 24.9 Å². The van der Waals surface area contributed by atoms with Crippen LogP contribution in [0.1, 0.15) is 12.1 Å². The van der Waals surface area contributed by atoms with Crippen LogP contribution in [0.25, 0.3) is 15.9 Å². The van der Waals surface area contributed by atoms with E-state index in [4.69, 9.17) is 12.3 Å². The number of benzene rings is 1. The van der Waals surface area contributed by atoms with Gasteiger partial charge in [0.25, 0.3) is 5.92 Å². The second-order valence-electron chi connectivity index (χ2n) is 6.81. The molecule has 0 unspecified atom stereocenters. The van der Waals surface area contributed by atoms with Crippen LogP contribution in [0.2, 0.25) is 0 Å². The molecule has 0 saturated carbocycles. The van der Waals surface area contributed by atoms with Gasteiger partial charge >= 0.3 is 0 Å². The Morgan fingerprint density at radius 1 is 1.29 bits per heavy atom. The summed E-state index contributed by atoms with van der Waals surface area (Å²) in [4.78, 5) is 13.8. The van der Waals surface area contributed by atoms with E-state index in [9.17, 15) is 13.2 Å². The molecule has 0 spiro atoms. The van der Waals surface area contributed by atoms with E-state index < -0.39 is 17.8 Å². The number of nitrogens with zero attached hydrogens (tertiary/aromatic N) is 5. The second kappa shape index (κ2) is 6.80. The summed E-state index contributed by atoms with van der Waals surface area (Å²) in [5.41, 5.74) is 7.81. The molecule has 1 saturated heterocycles. The van der Waals surface area contributed by atoms with Crippen LogP contribution < -0.4 is 10.6 Å². The molecule has 0 bridgehead atoms. The van der Waals surface area contributed by atoms with Gasteiger partial charge in [-0.1, -0.05) is 6.07 Å². The van der Waals surface area contributed by atoms with Crippen molar-refractivity contribution in [3.05, 3.63) is 59.5 Å². The molecule has 1 aliphatic heterocycles. The SMILES string of the molecule is [C-]#[N+]c1ccc(Cn2c(N3CCC(F)(F)[C@H](N)C3)nc3ccc(F)cc32)nc1. The summed E-state index contributed by atoms with van der Waals surface area (Å²) in [6.45, 7) is 7.31. The molecule has 0 amide bonds. The van der Waals surface area contributed by atoms with Crippen LogP contribution in [0, 0.1) is 12.4 Å². The third-order valence-electron chi connectivity index (χ3n) is 4.91. The molecule has 144 valence electrons. The van der Waals surface area contributed by atoms with Crippen molar-refractivity contribution in [2.24, 2.45) is 5.73 Å². The predicted octanol–water partition coefficient (Wildman–Crippen LogP) is 3.34. The monoisotopic (exact) mass is 386 g/mol. The largest absolute Gasteiger partial charge is 0.340 e. The molecule has 9 heteroatoms. The van der Waals surface area contributed by atoms with Crippen molar-refractivity contribution in [2.75, 3.05) is 18.0 Å².